The first-order valence-corrected chi connectivity index (χ1v) is 6.85. The van der Waals surface area contributed by atoms with Crippen molar-refractivity contribution < 1.29 is 27.6 Å². The van der Waals surface area contributed by atoms with Gasteiger partial charge in [0.15, 0.2) is 0 Å². The molecular formula is C12H17F3N2O4. The molecule has 0 amide bonds. The molecule has 1 saturated heterocycles. The van der Waals surface area contributed by atoms with Gasteiger partial charge in [0.25, 0.3) is 0 Å². The minimum Gasteiger partial charge on any atom is -0.465 e. The van der Waals surface area contributed by atoms with E-state index in [2.05, 4.69) is 0 Å². The third kappa shape index (κ3) is 4.83. The molecule has 6 nitrogen and oxygen atoms in total. The summed E-state index contributed by atoms with van der Waals surface area (Å²) in [6.07, 6.45) is -2.90. The summed E-state index contributed by atoms with van der Waals surface area (Å²) in [5.41, 5.74) is 0. The first kappa shape index (κ1) is 16.0. The number of esters is 1. The highest BCUT2D eigenvalue weighted by atomic mass is 19.4. The van der Waals surface area contributed by atoms with Crippen molar-refractivity contribution in [1.29, 1.82) is 0 Å². The van der Waals surface area contributed by atoms with Crippen LogP contribution in [0.4, 0.5) is 13.2 Å². The van der Waals surface area contributed by atoms with Gasteiger partial charge in [0.1, 0.15) is 5.92 Å². The fourth-order valence-electron chi connectivity index (χ4n) is 2.54. The van der Waals surface area contributed by atoms with Gasteiger partial charge in [-0.15, -0.1) is 0 Å². The normalized spacial score (nSPS) is 27.4. The third-order valence-corrected chi connectivity index (χ3v) is 3.90. The van der Waals surface area contributed by atoms with Gasteiger partial charge in [0, 0.05) is 11.3 Å². The molecule has 2 rings (SSSR count). The number of carbonyl (C=O) groups is 1. The van der Waals surface area contributed by atoms with Gasteiger partial charge >= 0.3 is 12.1 Å². The van der Waals surface area contributed by atoms with E-state index in [-0.39, 0.29) is 18.9 Å². The zero-order valence-electron chi connectivity index (χ0n) is 11.3. The van der Waals surface area contributed by atoms with Crippen molar-refractivity contribution in [3.63, 3.8) is 0 Å². The fraction of sp³-hybridized carbons (Fsp3) is 0.917. The molecule has 0 aromatic rings. The van der Waals surface area contributed by atoms with E-state index in [1.165, 1.54) is 4.90 Å². The molecule has 9 heteroatoms. The van der Waals surface area contributed by atoms with E-state index >= 15 is 0 Å². The van der Waals surface area contributed by atoms with Crippen molar-refractivity contribution in [3.8, 4) is 0 Å². The van der Waals surface area contributed by atoms with E-state index in [0.717, 1.165) is 0 Å². The van der Waals surface area contributed by atoms with Crippen LogP contribution in [0.2, 0.25) is 0 Å². The maximum absolute atomic E-state index is 12.2. The Bertz CT molecular complexity index is 408. The molecule has 2 fully saturated rings. The predicted molar refractivity (Wildman–Crippen MR) is 65.1 cm³/mol. The molecule has 1 aliphatic carbocycles. The Hall–Kier alpha value is -1.38. The van der Waals surface area contributed by atoms with E-state index in [9.17, 15) is 28.1 Å². The third-order valence-electron chi connectivity index (χ3n) is 3.90. The summed E-state index contributed by atoms with van der Waals surface area (Å²) in [7, 11) is 0. The predicted octanol–water partition coefficient (Wildman–Crippen LogP) is 1.47. The number of piperidine rings is 1. The van der Waals surface area contributed by atoms with Crippen LogP contribution in [0.15, 0.2) is 0 Å². The topological polar surface area (TPSA) is 72.7 Å². The lowest BCUT2D eigenvalue weighted by atomic mass is 9.98. The number of hydrogen-bond donors (Lipinski definition) is 0. The second-order valence-electron chi connectivity index (χ2n) is 5.66. The van der Waals surface area contributed by atoms with E-state index in [0.29, 0.717) is 25.9 Å². The van der Waals surface area contributed by atoms with Crippen LogP contribution in [0.5, 0.6) is 0 Å². The number of halogens is 3. The SMILES string of the molecule is O=C(OCC1CCN(CC(F)(F)F)CC1)[C@@H]1C[C@H]1[N+](=O)[O-]. The molecule has 21 heavy (non-hydrogen) atoms. The van der Waals surface area contributed by atoms with E-state index < -0.39 is 35.6 Å². The summed E-state index contributed by atoms with van der Waals surface area (Å²) in [4.78, 5) is 22.8. The first-order chi connectivity index (χ1) is 9.76. The molecule has 1 heterocycles. The summed E-state index contributed by atoms with van der Waals surface area (Å²) in [6.45, 7) is -0.128. The number of likely N-dealkylation sites (tertiary alicyclic amines) is 1. The largest absolute Gasteiger partial charge is 0.465 e. The van der Waals surface area contributed by atoms with Gasteiger partial charge in [-0.1, -0.05) is 0 Å². The molecule has 0 spiro atoms. The number of alkyl halides is 3. The Balaban J connectivity index is 1.63. The summed E-state index contributed by atoms with van der Waals surface area (Å²) < 4.78 is 41.7. The molecule has 0 bridgehead atoms. The first-order valence-electron chi connectivity index (χ1n) is 6.85. The molecule has 120 valence electrons. The molecule has 0 aromatic carbocycles. The zero-order chi connectivity index (χ0) is 15.6. The van der Waals surface area contributed by atoms with Crippen molar-refractivity contribution in [2.24, 2.45) is 11.8 Å². The molecule has 0 aromatic heterocycles. The van der Waals surface area contributed by atoms with E-state index in [1.54, 1.807) is 0 Å². The van der Waals surface area contributed by atoms with Gasteiger partial charge in [-0.25, -0.2) is 0 Å². The van der Waals surface area contributed by atoms with Gasteiger partial charge in [0.05, 0.1) is 13.2 Å². The summed E-state index contributed by atoms with van der Waals surface area (Å²) in [5, 5.41) is 10.4. The standard InChI is InChI=1S/C12H17F3N2O4/c13-12(14,15)7-16-3-1-8(2-4-16)6-21-11(18)9-5-10(9)17(19)20/h8-10H,1-7H2/t9-,10-/m1/s1. The van der Waals surface area contributed by atoms with Crippen LogP contribution >= 0.6 is 0 Å². The molecule has 2 aliphatic rings. The van der Waals surface area contributed by atoms with Gasteiger partial charge in [-0.3, -0.25) is 19.8 Å². The maximum Gasteiger partial charge on any atom is 0.401 e. The average molecular weight is 310 g/mol. The highest BCUT2D eigenvalue weighted by Crippen LogP contribution is 2.34. The zero-order valence-corrected chi connectivity index (χ0v) is 11.3. The lowest BCUT2D eigenvalue weighted by Gasteiger charge is -2.31. The minimum absolute atomic E-state index is 0.0336. The van der Waals surface area contributed by atoms with Gasteiger partial charge in [-0.05, 0) is 31.8 Å². The van der Waals surface area contributed by atoms with Gasteiger partial charge in [-0.2, -0.15) is 13.2 Å². The van der Waals surface area contributed by atoms with Crippen LogP contribution in [0.3, 0.4) is 0 Å². The van der Waals surface area contributed by atoms with Gasteiger partial charge in [0.2, 0.25) is 6.04 Å². The quantitative estimate of drug-likeness (QED) is 0.437. The minimum atomic E-state index is -4.19. The number of ether oxygens (including phenoxy) is 1. The van der Waals surface area contributed by atoms with E-state index in [4.69, 9.17) is 4.74 Å². The van der Waals surface area contributed by atoms with Crippen LogP contribution in [-0.2, 0) is 9.53 Å². The van der Waals surface area contributed by atoms with Crippen molar-refractivity contribution in [2.45, 2.75) is 31.5 Å². The van der Waals surface area contributed by atoms with Crippen LogP contribution < -0.4 is 0 Å². The molecule has 2 atom stereocenters. The highest BCUT2D eigenvalue weighted by Gasteiger charge is 2.54. The number of nitrogens with zero attached hydrogens (tertiary/aromatic N) is 2. The number of nitro groups is 1. The van der Waals surface area contributed by atoms with Crippen LogP contribution in [-0.4, -0.2) is 54.3 Å². The Morgan fingerprint density at radius 3 is 2.43 bits per heavy atom. The van der Waals surface area contributed by atoms with Crippen molar-refractivity contribution in [1.82, 2.24) is 4.90 Å². The lowest BCUT2D eigenvalue weighted by Crippen LogP contribution is -2.41. The summed E-state index contributed by atoms with van der Waals surface area (Å²) >= 11 is 0. The highest BCUT2D eigenvalue weighted by molar-refractivity contribution is 5.76. The Kier molecular flexibility index (Phi) is 4.70. The molecule has 0 radical (unpaired) electrons. The summed E-state index contributed by atoms with van der Waals surface area (Å²) in [5.74, 6) is -1.18. The second-order valence-corrected chi connectivity index (χ2v) is 5.66. The number of rotatable bonds is 5. The summed E-state index contributed by atoms with van der Waals surface area (Å²) in [6, 6.07) is -0.828. The number of hydrogen-bond acceptors (Lipinski definition) is 5. The van der Waals surface area contributed by atoms with Crippen molar-refractivity contribution >= 4 is 5.97 Å². The Labute approximate surface area is 119 Å². The van der Waals surface area contributed by atoms with Crippen LogP contribution in [0.25, 0.3) is 0 Å². The molecule has 0 unspecified atom stereocenters. The van der Waals surface area contributed by atoms with E-state index in [1.807, 2.05) is 0 Å². The molecule has 1 saturated carbocycles. The van der Waals surface area contributed by atoms with Gasteiger partial charge < -0.3 is 4.74 Å². The molecular weight excluding hydrogens is 293 g/mol. The smallest absolute Gasteiger partial charge is 0.401 e. The maximum atomic E-state index is 12.2. The van der Waals surface area contributed by atoms with Crippen LogP contribution in [0.1, 0.15) is 19.3 Å². The van der Waals surface area contributed by atoms with Crippen molar-refractivity contribution in [3.05, 3.63) is 10.1 Å². The van der Waals surface area contributed by atoms with Crippen molar-refractivity contribution in [2.75, 3.05) is 26.2 Å². The Morgan fingerprint density at radius 1 is 1.33 bits per heavy atom. The monoisotopic (exact) mass is 310 g/mol. The Morgan fingerprint density at radius 2 is 1.95 bits per heavy atom. The second kappa shape index (κ2) is 6.17. The fourth-order valence-corrected chi connectivity index (χ4v) is 2.54. The molecule has 1 aliphatic heterocycles. The lowest BCUT2D eigenvalue weighted by molar-refractivity contribution is -0.497. The van der Waals surface area contributed by atoms with Crippen LogP contribution in [0, 0.1) is 22.0 Å². The number of carbonyl (C=O) groups excluding carboxylic acids is 1. The average Bonchev–Trinajstić information content (AvgIpc) is 3.16. The molecule has 0 N–H and O–H groups in total.